The van der Waals surface area contributed by atoms with E-state index >= 15 is 0 Å². The van der Waals surface area contributed by atoms with Crippen molar-refractivity contribution in [2.24, 2.45) is 0 Å². The van der Waals surface area contributed by atoms with Crippen LogP contribution in [0.1, 0.15) is 12.3 Å². The van der Waals surface area contributed by atoms with E-state index in [0.717, 1.165) is 0 Å². The molecule has 0 saturated heterocycles. The molecule has 0 unspecified atom stereocenters. The molecule has 0 aliphatic rings. The van der Waals surface area contributed by atoms with Crippen LogP contribution in [0.2, 0.25) is 0 Å². The van der Waals surface area contributed by atoms with Gasteiger partial charge in [0.15, 0.2) is 18.1 Å². The maximum absolute atomic E-state index is 12.4. The number of aromatic nitrogens is 3. The van der Waals surface area contributed by atoms with E-state index < -0.39 is 0 Å². The Labute approximate surface area is 201 Å². The fourth-order valence-corrected chi connectivity index (χ4v) is 3.15. The number of ether oxygens (including phenoxy) is 2. The lowest BCUT2D eigenvalue weighted by Crippen LogP contribution is -2.20. The molecule has 178 valence electrons. The van der Waals surface area contributed by atoms with Crippen LogP contribution in [0.4, 0.5) is 11.4 Å². The molecule has 0 spiro atoms. The molecule has 2 aromatic carbocycles. The van der Waals surface area contributed by atoms with Crippen molar-refractivity contribution in [1.82, 2.24) is 15.1 Å². The average Bonchev–Trinajstić information content (AvgIpc) is 3.36. The van der Waals surface area contributed by atoms with E-state index in [-0.39, 0.29) is 31.3 Å². The van der Waals surface area contributed by atoms with E-state index in [2.05, 4.69) is 25.8 Å². The van der Waals surface area contributed by atoms with Crippen LogP contribution in [0.15, 0.2) is 77.4 Å². The van der Waals surface area contributed by atoms with Crippen LogP contribution in [0.5, 0.6) is 11.5 Å². The molecule has 0 bridgehead atoms. The van der Waals surface area contributed by atoms with Gasteiger partial charge in [0.2, 0.25) is 17.6 Å². The fraction of sp³-hybridized carbons (Fsp3) is 0.160. The Kier molecular flexibility index (Phi) is 7.64. The zero-order valence-corrected chi connectivity index (χ0v) is 18.9. The van der Waals surface area contributed by atoms with E-state index in [1.54, 1.807) is 60.8 Å². The SMILES string of the molecule is COc1ccccc1OCC(=O)Nc1cccc(NC(=O)CCc2nc(-c3ccccn3)no2)c1. The van der Waals surface area contributed by atoms with Gasteiger partial charge in [0.25, 0.3) is 5.91 Å². The van der Waals surface area contributed by atoms with Crippen molar-refractivity contribution in [1.29, 1.82) is 0 Å². The number of carbonyl (C=O) groups is 2. The Balaban J connectivity index is 1.26. The molecule has 2 aromatic heterocycles. The number of hydrogen-bond donors (Lipinski definition) is 2. The van der Waals surface area contributed by atoms with Gasteiger partial charge in [-0.1, -0.05) is 29.4 Å². The first-order chi connectivity index (χ1) is 17.1. The maximum atomic E-state index is 12.4. The van der Waals surface area contributed by atoms with Gasteiger partial charge < -0.3 is 24.6 Å². The van der Waals surface area contributed by atoms with Gasteiger partial charge in [0, 0.05) is 30.4 Å². The van der Waals surface area contributed by atoms with Crippen molar-refractivity contribution in [3.05, 3.63) is 78.8 Å². The molecule has 10 heteroatoms. The highest BCUT2D eigenvalue weighted by Gasteiger charge is 2.12. The first-order valence-electron chi connectivity index (χ1n) is 10.8. The molecule has 2 amide bonds. The zero-order valence-electron chi connectivity index (χ0n) is 18.9. The molecule has 0 atom stereocenters. The van der Waals surface area contributed by atoms with E-state index in [1.165, 1.54) is 7.11 Å². The summed E-state index contributed by atoms with van der Waals surface area (Å²) in [5.74, 6) is 1.15. The highest BCUT2D eigenvalue weighted by Crippen LogP contribution is 2.25. The van der Waals surface area contributed by atoms with Gasteiger partial charge in [0.05, 0.1) is 7.11 Å². The monoisotopic (exact) mass is 473 g/mol. The minimum Gasteiger partial charge on any atom is -0.493 e. The number of nitrogens with zero attached hydrogens (tertiary/aromatic N) is 3. The summed E-state index contributed by atoms with van der Waals surface area (Å²) >= 11 is 0. The van der Waals surface area contributed by atoms with Crippen LogP contribution < -0.4 is 20.1 Å². The number of rotatable bonds is 10. The smallest absolute Gasteiger partial charge is 0.262 e. The number of pyridine rings is 1. The molecule has 2 N–H and O–H groups in total. The van der Waals surface area contributed by atoms with Crippen molar-refractivity contribution in [3.63, 3.8) is 0 Å². The lowest BCUT2D eigenvalue weighted by atomic mass is 10.2. The average molecular weight is 473 g/mol. The number of methoxy groups -OCH3 is 1. The Morgan fingerprint density at radius 1 is 0.914 bits per heavy atom. The molecular weight excluding hydrogens is 450 g/mol. The molecule has 0 fully saturated rings. The largest absolute Gasteiger partial charge is 0.493 e. The molecule has 10 nitrogen and oxygen atoms in total. The number of para-hydroxylation sites is 2. The van der Waals surface area contributed by atoms with Crippen LogP contribution >= 0.6 is 0 Å². The first kappa shape index (κ1) is 23.4. The first-order valence-corrected chi connectivity index (χ1v) is 10.8. The van der Waals surface area contributed by atoms with Crippen LogP contribution in [0.25, 0.3) is 11.5 Å². The maximum Gasteiger partial charge on any atom is 0.262 e. The van der Waals surface area contributed by atoms with Crippen molar-refractivity contribution in [2.45, 2.75) is 12.8 Å². The molecule has 4 aromatic rings. The molecule has 2 heterocycles. The predicted molar refractivity (Wildman–Crippen MR) is 128 cm³/mol. The summed E-state index contributed by atoms with van der Waals surface area (Å²) in [5, 5.41) is 9.44. The molecule has 35 heavy (non-hydrogen) atoms. The minimum atomic E-state index is -0.348. The van der Waals surface area contributed by atoms with Gasteiger partial charge in [-0.2, -0.15) is 4.98 Å². The number of hydrogen-bond acceptors (Lipinski definition) is 8. The van der Waals surface area contributed by atoms with Gasteiger partial charge in [-0.3, -0.25) is 14.6 Å². The summed E-state index contributed by atoms with van der Waals surface area (Å²) < 4.78 is 15.9. The lowest BCUT2D eigenvalue weighted by molar-refractivity contribution is -0.118. The second-order valence-electron chi connectivity index (χ2n) is 7.34. The second-order valence-corrected chi connectivity index (χ2v) is 7.34. The molecule has 0 saturated carbocycles. The molecule has 0 radical (unpaired) electrons. The van der Waals surface area contributed by atoms with Gasteiger partial charge in [0.1, 0.15) is 5.69 Å². The highest BCUT2D eigenvalue weighted by atomic mass is 16.5. The summed E-state index contributed by atoms with van der Waals surface area (Å²) in [6.45, 7) is -0.193. The Morgan fingerprint density at radius 2 is 1.66 bits per heavy atom. The quantitative estimate of drug-likeness (QED) is 0.357. The minimum absolute atomic E-state index is 0.146. The molecular formula is C25H23N5O5. The van der Waals surface area contributed by atoms with E-state index in [0.29, 0.717) is 40.3 Å². The third-order valence-corrected chi connectivity index (χ3v) is 4.79. The standard InChI is InChI=1S/C25H23N5O5/c1-33-20-10-2-3-11-21(20)34-16-23(32)28-18-8-6-7-17(15-18)27-22(31)12-13-24-29-25(30-35-24)19-9-4-5-14-26-19/h2-11,14-15H,12-13,16H2,1H3,(H,27,31)(H,28,32). The predicted octanol–water partition coefficient (Wildman–Crippen LogP) is 3.73. The molecule has 4 rings (SSSR count). The number of nitrogens with one attached hydrogen (secondary N) is 2. The van der Waals surface area contributed by atoms with Crippen LogP contribution in [0.3, 0.4) is 0 Å². The van der Waals surface area contributed by atoms with Crippen molar-refractivity contribution in [3.8, 4) is 23.0 Å². The summed E-state index contributed by atoms with van der Waals surface area (Å²) in [4.78, 5) is 33.1. The summed E-state index contributed by atoms with van der Waals surface area (Å²) in [7, 11) is 1.53. The number of amides is 2. The number of aryl methyl sites for hydroxylation is 1. The van der Waals surface area contributed by atoms with Crippen molar-refractivity contribution in [2.75, 3.05) is 24.4 Å². The zero-order chi connectivity index (χ0) is 24.5. The third-order valence-electron chi connectivity index (χ3n) is 4.79. The van der Waals surface area contributed by atoms with E-state index in [9.17, 15) is 9.59 Å². The Morgan fingerprint density at radius 3 is 2.40 bits per heavy atom. The molecule has 0 aliphatic heterocycles. The summed E-state index contributed by atoms with van der Waals surface area (Å²) in [6.07, 6.45) is 2.07. The van der Waals surface area contributed by atoms with Gasteiger partial charge in [-0.25, -0.2) is 0 Å². The van der Waals surface area contributed by atoms with Crippen LogP contribution in [0, 0.1) is 0 Å². The van der Waals surface area contributed by atoms with E-state index in [4.69, 9.17) is 14.0 Å². The topological polar surface area (TPSA) is 128 Å². The van der Waals surface area contributed by atoms with Crippen molar-refractivity contribution < 1.29 is 23.6 Å². The Bertz CT molecular complexity index is 1290. The van der Waals surface area contributed by atoms with Gasteiger partial charge >= 0.3 is 0 Å². The summed E-state index contributed by atoms with van der Waals surface area (Å²) in [5.41, 5.74) is 1.66. The third kappa shape index (κ3) is 6.64. The number of anilines is 2. The van der Waals surface area contributed by atoms with Crippen LogP contribution in [-0.2, 0) is 16.0 Å². The second kappa shape index (κ2) is 11.4. The van der Waals surface area contributed by atoms with Crippen molar-refractivity contribution >= 4 is 23.2 Å². The van der Waals surface area contributed by atoms with Gasteiger partial charge in [-0.15, -0.1) is 0 Å². The Hall–Kier alpha value is -4.73. The van der Waals surface area contributed by atoms with Crippen LogP contribution in [-0.4, -0.2) is 40.7 Å². The van der Waals surface area contributed by atoms with E-state index in [1.807, 2.05) is 12.1 Å². The fourth-order valence-electron chi connectivity index (χ4n) is 3.15. The highest BCUT2D eigenvalue weighted by molar-refractivity contribution is 5.94. The number of benzene rings is 2. The number of carbonyl (C=O) groups excluding carboxylic acids is 2. The van der Waals surface area contributed by atoms with Gasteiger partial charge in [-0.05, 0) is 42.5 Å². The molecule has 0 aliphatic carbocycles. The summed E-state index contributed by atoms with van der Waals surface area (Å²) in [6, 6.07) is 19.3. The lowest BCUT2D eigenvalue weighted by Gasteiger charge is -2.11. The normalized spacial score (nSPS) is 10.4.